The second kappa shape index (κ2) is 3.90. The molecule has 5 aliphatic rings. The molecule has 0 aromatic carbocycles. The van der Waals surface area contributed by atoms with E-state index in [0.717, 1.165) is 26.2 Å². The van der Waals surface area contributed by atoms with Gasteiger partial charge in [0, 0.05) is 48.1 Å². The van der Waals surface area contributed by atoms with Gasteiger partial charge in [0.2, 0.25) is 0 Å². The maximum atomic E-state index is 10.9. The third-order valence-corrected chi connectivity index (χ3v) is 6.83. The summed E-state index contributed by atoms with van der Waals surface area (Å²) in [6.07, 6.45) is 2.18. The summed E-state index contributed by atoms with van der Waals surface area (Å²) in [6, 6.07) is 0. The summed E-state index contributed by atoms with van der Waals surface area (Å²) in [5, 5.41) is 14.7. The van der Waals surface area contributed by atoms with E-state index in [1.807, 2.05) is 0 Å². The van der Waals surface area contributed by atoms with Crippen molar-refractivity contribution in [2.24, 2.45) is 10.8 Å². The molecule has 22 heavy (non-hydrogen) atoms. The van der Waals surface area contributed by atoms with E-state index in [0.29, 0.717) is 0 Å². The van der Waals surface area contributed by atoms with Crippen molar-refractivity contribution in [3.8, 4) is 0 Å². The van der Waals surface area contributed by atoms with Gasteiger partial charge < -0.3 is 10.4 Å². The number of hydrogen-bond donors (Lipinski definition) is 2. The maximum Gasteiger partial charge on any atom is 0.0773 e. The van der Waals surface area contributed by atoms with Crippen LogP contribution in [-0.2, 0) is 0 Å². The summed E-state index contributed by atoms with van der Waals surface area (Å²) in [7, 11) is 0. The zero-order valence-corrected chi connectivity index (χ0v) is 15.2. The lowest BCUT2D eigenvalue weighted by Crippen LogP contribution is -2.87. The number of nitrogens with zero attached hydrogens (tertiary/aromatic N) is 2. The fraction of sp³-hybridized carbons (Fsp3) is 1.00. The molecule has 5 aliphatic heterocycles. The van der Waals surface area contributed by atoms with E-state index in [2.05, 4.69) is 56.7 Å². The van der Waals surface area contributed by atoms with Gasteiger partial charge in [0.1, 0.15) is 0 Å². The van der Waals surface area contributed by atoms with Crippen molar-refractivity contribution in [3.05, 3.63) is 0 Å². The van der Waals surface area contributed by atoms with Crippen molar-refractivity contribution in [3.63, 3.8) is 0 Å². The molecule has 5 heterocycles. The van der Waals surface area contributed by atoms with Gasteiger partial charge in [0.15, 0.2) is 0 Å². The average molecular weight is 307 g/mol. The Bertz CT molecular complexity index is 456. The smallest absolute Gasteiger partial charge is 0.0773 e. The Morgan fingerprint density at radius 1 is 0.773 bits per heavy atom. The minimum absolute atomic E-state index is 0.0374. The zero-order valence-electron chi connectivity index (χ0n) is 15.2. The second-order valence-electron chi connectivity index (χ2n) is 10.7. The van der Waals surface area contributed by atoms with Crippen molar-refractivity contribution in [2.45, 2.75) is 77.2 Å². The zero-order chi connectivity index (χ0) is 16.2. The summed E-state index contributed by atoms with van der Waals surface area (Å²) < 4.78 is 0. The Balaban J connectivity index is 1.77. The van der Waals surface area contributed by atoms with Crippen LogP contribution in [0.2, 0.25) is 0 Å². The van der Waals surface area contributed by atoms with Crippen molar-refractivity contribution >= 4 is 0 Å². The normalized spacial score (nSPS) is 53.9. The molecule has 0 radical (unpaired) electrons. The molecule has 5 fully saturated rings. The van der Waals surface area contributed by atoms with Gasteiger partial charge in [-0.05, 0) is 40.5 Å². The standard InChI is InChI=1S/C18H33N3O/c1-14(2)7-18(8-15(3,4)19-14)20-9-16(5)10-21(18)12-17(6,11-20)13(16)22/h13,19,22H,7-12H2,1-6H3. The van der Waals surface area contributed by atoms with Crippen LogP contribution >= 0.6 is 0 Å². The van der Waals surface area contributed by atoms with E-state index in [9.17, 15) is 5.11 Å². The van der Waals surface area contributed by atoms with Crippen LogP contribution in [0.3, 0.4) is 0 Å². The van der Waals surface area contributed by atoms with Crippen molar-refractivity contribution in [1.82, 2.24) is 15.1 Å². The third-order valence-electron chi connectivity index (χ3n) is 6.83. The molecule has 4 bridgehead atoms. The molecule has 5 saturated heterocycles. The minimum atomic E-state index is -0.160. The highest BCUT2D eigenvalue weighted by Gasteiger charge is 2.68. The molecule has 1 spiro atoms. The van der Waals surface area contributed by atoms with Crippen molar-refractivity contribution in [2.75, 3.05) is 26.2 Å². The molecule has 0 atom stereocenters. The highest BCUT2D eigenvalue weighted by molar-refractivity contribution is 5.21. The summed E-state index contributed by atoms with van der Waals surface area (Å²) in [5.41, 5.74) is 0.553. The van der Waals surface area contributed by atoms with Gasteiger partial charge in [-0.1, -0.05) is 13.8 Å². The molecule has 126 valence electrons. The van der Waals surface area contributed by atoms with Crippen LogP contribution in [0.1, 0.15) is 54.4 Å². The molecule has 0 amide bonds. The Morgan fingerprint density at radius 3 is 1.50 bits per heavy atom. The van der Waals surface area contributed by atoms with Crippen molar-refractivity contribution < 1.29 is 5.11 Å². The first kappa shape index (κ1) is 15.4. The van der Waals surface area contributed by atoms with Crippen LogP contribution in [0.15, 0.2) is 0 Å². The molecule has 0 aliphatic carbocycles. The van der Waals surface area contributed by atoms with E-state index in [-0.39, 0.29) is 33.7 Å². The Hall–Kier alpha value is -0.160. The quantitative estimate of drug-likeness (QED) is 0.714. The lowest BCUT2D eigenvalue weighted by Gasteiger charge is -2.75. The second-order valence-corrected chi connectivity index (χ2v) is 10.7. The van der Waals surface area contributed by atoms with Gasteiger partial charge in [-0.3, -0.25) is 9.80 Å². The van der Waals surface area contributed by atoms with Crippen LogP contribution in [0.4, 0.5) is 0 Å². The summed E-state index contributed by atoms with van der Waals surface area (Å²) >= 11 is 0. The number of rotatable bonds is 0. The average Bonchev–Trinajstić information content (AvgIpc) is 2.27. The third kappa shape index (κ3) is 1.84. The molecule has 4 heteroatoms. The molecular formula is C18H33N3O. The summed E-state index contributed by atoms with van der Waals surface area (Å²) in [5.74, 6) is 0. The van der Waals surface area contributed by atoms with Gasteiger partial charge in [-0.2, -0.15) is 0 Å². The lowest BCUT2D eigenvalue weighted by atomic mass is 9.57. The molecule has 5 rings (SSSR count). The first-order valence-corrected chi connectivity index (χ1v) is 8.88. The Morgan fingerprint density at radius 2 is 1.14 bits per heavy atom. The SMILES string of the molecule is CC1(C)CC2(CC(C)(C)N1)N1CC3(C)CN2CC(C)(C1)C3O. The predicted molar refractivity (Wildman–Crippen MR) is 88.6 cm³/mol. The highest BCUT2D eigenvalue weighted by Crippen LogP contribution is 2.58. The fourth-order valence-electron chi connectivity index (χ4n) is 6.86. The fourth-order valence-corrected chi connectivity index (χ4v) is 6.86. The predicted octanol–water partition coefficient (Wildman–Crippen LogP) is 1.64. The Kier molecular flexibility index (Phi) is 2.73. The van der Waals surface area contributed by atoms with Crippen LogP contribution in [0.25, 0.3) is 0 Å². The first-order chi connectivity index (χ1) is 9.90. The van der Waals surface area contributed by atoms with E-state index in [1.165, 1.54) is 12.8 Å². The van der Waals surface area contributed by atoms with Gasteiger partial charge in [-0.15, -0.1) is 0 Å². The maximum absolute atomic E-state index is 10.9. The van der Waals surface area contributed by atoms with Gasteiger partial charge >= 0.3 is 0 Å². The van der Waals surface area contributed by atoms with E-state index < -0.39 is 0 Å². The van der Waals surface area contributed by atoms with Gasteiger partial charge in [-0.25, -0.2) is 0 Å². The van der Waals surface area contributed by atoms with Crippen LogP contribution < -0.4 is 5.32 Å². The molecule has 0 unspecified atom stereocenters. The summed E-state index contributed by atoms with van der Waals surface area (Å²) in [6.45, 7) is 18.2. The Labute approximate surface area is 135 Å². The lowest BCUT2D eigenvalue weighted by molar-refractivity contribution is -0.302. The van der Waals surface area contributed by atoms with Crippen LogP contribution in [0.5, 0.6) is 0 Å². The first-order valence-electron chi connectivity index (χ1n) is 8.88. The van der Waals surface area contributed by atoms with Crippen LogP contribution in [0, 0.1) is 10.8 Å². The minimum Gasteiger partial charge on any atom is -0.392 e. The highest BCUT2D eigenvalue weighted by atomic mass is 16.3. The largest absolute Gasteiger partial charge is 0.392 e. The topological polar surface area (TPSA) is 38.7 Å². The van der Waals surface area contributed by atoms with E-state index >= 15 is 0 Å². The molecule has 4 nitrogen and oxygen atoms in total. The van der Waals surface area contributed by atoms with E-state index in [1.54, 1.807) is 0 Å². The molecular weight excluding hydrogens is 274 g/mol. The number of aliphatic hydroxyl groups excluding tert-OH is 1. The van der Waals surface area contributed by atoms with Gasteiger partial charge in [0.05, 0.1) is 11.8 Å². The number of aliphatic hydroxyl groups is 1. The number of nitrogens with one attached hydrogen (secondary N) is 1. The molecule has 0 aromatic heterocycles. The molecule has 2 N–H and O–H groups in total. The van der Waals surface area contributed by atoms with Crippen LogP contribution in [-0.4, -0.2) is 63.9 Å². The van der Waals surface area contributed by atoms with Gasteiger partial charge in [0.25, 0.3) is 0 Å². The molecule has 0 saturated carbocycles. The number of piperidine rings is 3. The summed E-state index contributed by atoms with van der Waals surface area (Å²) in [4.78, 5) is 5.47. The number of hydrogen-bond acceptors (Lipinski definition) is 4. The molecule has 0 aromatic rings. The van der Waals surface area contributed by atoms with E-state index in [4.69, 9.17) is 0 Å². The monoisotopic (exact) mass is 307 g/mol. The van der Waals surface area contributed by atoms with Crippen molar-refractivity contribution in [1.29, 1.82) is 0 Å².